The number of hydrogen-bond acceptors (Lipinski definition) is 1. The first-order valence-corrected chi connectivity index (χ1v) is 7.80. The molecule has 2 aromatic rings. The van der Waals surface area contributed by atoms with Gasteiger partial charge in [-0.25, -0.2) is 4.39 Å². The predicted octanol–water partition coefficient (Wildman–Crippen LogP) is 6.10. The molecule has 1 unspecified atom stereocenters. The normalized spacial score (nSPS) is 12.8. The van der Waals surface area contributed by atoms with Crippen molar-refractivity contribution in [1.29, 1.82) is 0 Å². The minimum atomic E-state index is -0.274. The molecule has 1 aromatic carbocycles. The van der Waals surface area contributed by atoms with E-state index in [1.807, 2.05) is 11.4 Å². The highest BCUT2D eigenvalue weighted by molar-refractivity contribution is 9.11. The SMILES string of the molecule is Cc1cc(C(Br)c2sccc2Br)c(Cl)cc1F. The highest BCUT2D eigenvalue weighted by Crippen LogP contribution is 2.41. The molecule has 0 saturated heterocycles. The Hall–Kier alpha value is 0.1000. The van der Waals surface area contributed by atoms with E-state index in [4.69, 9.17) is 11.6 Å². The molecule has 1 heterocycles. The third kappa shape index (κ3) is 2.75. The lowest BCUT2D eigenvalue weighted by Gasteiger charge is -2.12. The molecule has 0 amide bonds. The van der Waals surface area contributed by atoms with Gasteiger partial charge in [0, 0.05) is 14.4 Å². The summed E-state index contributed by atoms with van der Waals surface area (Å²) in [7, 11) is 0. The molecule has 0 radical (unpaired) electrons. The lowest BCUT2D eigenvalue weighted by atomic mass is 10.1. The second kappa shape index (κ2) is 5.39. The molecule has 0 spiro atoms. The molecular formula is C12H8Br2ClFS. The molecule has 0 aliphatic rings. The molecule has 0 aliphatic heterocycles. The van der Waals surface area contributed by atoms with Crippen LogP contribution in [-0.4, -0.2) is 0 Å². The summed E-state index contributed by atoms with van der Waals surface area (Å²) in [6.07, 6.45) is 0. The number of aryl methyl sites for hydroxylation is 1. The Kier molecular flexibility index (Phi) is 4.29. The second-order valence-electron chi connectivity index (χ2n) is 3.62. The summed E-state index contributed by atoms with van der Waals surface area (Å²) < 4.78 is 14.4. The van der Waals surface area contributed by atoms with Crippen LogP contribution >= 0.6 is 54.8 Å². The standard InChI is InChI=1S/C12H8Br2ClFS/c1-6-4-7(9(15)5-10(6)16)11(14)12-8(13)2-3-17-12/h2-5,11H,1H3. The lowest BCUT2D eigenvalue weighted by Crippen LogP contribution is -1.95. The quantitative estimate of drug-likeness (QED) is 0.537. The Morgan fingerprint density at radius 3 is 2.71 bits per heavy atom. The Morgan fingerprint density at radius 1 is 1.41 bits per heavy atom. The zero-order chi connectivity index (χ0) is 12.6. The highest BCUT2D eigenvalue weighted by Gasteiger charge is 2.19. The second-order valence-corrected chi connectivity index (χ2v) is 6.74. The van der Waals surface area contributed by atoms with Crippen molar-refractivity contribution in [2.24, 2.45) is 0 Å². The molecule has 1 aromatic heterocycles. The molecule has 0 fully saturated rings. The molecule has 0 bridgehead atoms. The zero-order valence-electron chi connectivity index (χ0n) is 8.81. The number of halogens is 4. The summed E-state index contributed by atoms with van der Waals surface area (Å²) in [6.45, 7) is 1.73. The molecule has 90 valence electrons. The van der Waals surface area contributed by atoms with Crippen molar-refractivity contribution in [2.45, 2.75) is 11.8 Å². The fraction of sp³-hybridized carbons (Fsp3) is 0.167. The van der Waals surface area contributed by atoms with E-state index in [1.165, 1.54) is 6.07 Å². The summed E-state index contributed by atoms with van der Waals surface area (Å²) in [4.78, 5) is 1.10. The largest absolute Gasteiger partial charge is 0.207 e. The predicted molar refractivity (Wildman–Crippen MR) is 78.9 cm³/mol. The van der Waals surface area contributed by atoms with Gasteiger partial charge in [-0.05, 0) is 51.5 Å². The van der Waals surface area contributed by atoms with E-state index in [0.717, 1.165) is 14.9 Å². The van der Waals surface area contributed by atoms with Crippen LogP contribution in [-0.2, 0) is 0 Å². The molecule has 0 nitrogen and oxygen atoms in total. The summed E-state index contributed by atoms with van der Waals surface area (Å²) in [5, 5.41) is 2.44. The van der Waals surface area contributed by atoms with Crippen LogP contribution in [0.2, 0.25) is 5.02 Å². The number of benzene rings is 1. The van der Waals surface area contributed by atoms with Crippen molar-refractivity contribution in [2.75, 3.05) is 0 Å². The highest BCUT2D eigenvalue weighted by atomic mass is 79.9. The van der Waals surface area contributed by atoms with Crippen LogP contribution < -0.4 is 0 Å². The van der Waals surface area contributed by atoms with Crippen LogP contribution in [0.4, 0.5) is 4.39 Å². The van der Waals surface area contributed by atoms with Gasteiger partial charge in [-0.15, -0.1) is 11.3 Å². The topological polar surface area (TPSA) is 0 Å². The van der Waals surface area contributed by atoms with Gasteiger partial charge in [0.1, 0.15) is 5.82 Å². The van der Waals surface area contributed by atoms with Gasteiger partial charge >= 0.3 is 0 Å². The average molecular weight is 399 g/mol. The summed E-state index contributed by atoms with van der Waals surface area (Å²) in [5.74, 6) is -0.274. The van der Waals surface area contributed by atoms with Gasteiger partial charge in [0.2, 0.25) is 0 Å². The maximum Gasteiger partial charge on any atom is 0.127 e. The summed E-state index contributed by atoms with van der Waals surface area (Å²) in [6, 6.07) is 5.13. The van der Waals surface area contributed by atoms with E-state index >= 15 is 0 Å². The Bertz CT molecular complexity index is 553. The Balaban J connectivity index is 2.48. The monoisotopic (exact) mass is 396 g/mol. The number of alkyl halides is 1. The fourth-order valence-corrected chi connectivity index (χ4v) is 4.74. The first kappa shape index (κ1) is 13.5. The van der Waals surface area contributed by atoms with Gasteiger partial charge in [0.05, 0.1) is 4.83 Å². The first-order chi connectivity index (χ1) is 8.00. The number of hydrogen-bond donors (Lipinski definition) is 0. The van der Waals surface area contributed by atoms with Gasteiger partial charge in [-0.1, -0.05) is 33.6 Å². The van der Waals surface area contributed by atoms with Crippen molar-refractivity contribution in [3.05, 3.63) is 54.9 Å². The van der Waals surface area contributed by atoms with Crippen LogP contribution in [0.3, 0.4) is 0 Å². The van der Waals surface area contributed by atoms with Crippen molar-refractivity contribution >= 4 is 54.8 Å². The number of thiophene rings is 1. The Labute approximate surface area is 125 Å². The minimum absolute atomic E-state index is 0.0244. The summed E-state index contributed by atoms with van der Waals surface area (Å²) >= 11 is 14.8. The third-order valence-electron chi connectivity index (χ3n) is 2.43. The van der Waals surface area contributed by atoms with E-state index in [0.29, 0.717) is 10.6 Å². The molecule has 5 heteroatoms. The number of rotatable bonds is 2. The van der Waals surface area contributed by atoms with Crippen molar-refractivity contribution in [3.63, 3.8) is 0 Å². The average Bonchev–Trinajstić information content (AvgIpc) is 2.69. The molecule has 0 N–H and O–H groups in total. The van der Waals surface area contributed by atoms with Gasteiger partial charge < -0.3 is 0 Å². The first-order valence-electron chi connectivity index (χ1n) is 4.83. The van der Waals surface area contributed by atoms with Gasteiger partial charge in [0.15, 0.2) is 0 Å². The van der Waals surface area contributed by atoms with E-state index in [1.54, 1.807) is 24.3 Å². The molecule has 17 heavy (non-hydrogen) atoms. The fourth-order valence-electron chi connectivity index (χ4n) is 1.50. The van der Waals surface area contributed by atoms with E-state index in [2.05, 4.69) is 31.9 Å². The lowest BCUT2D eigenvalue weighted by molar-refractivity contribution is 0.618. The van der Waals surface area contributed by atoms with Crippen LogP contribution in [0.15, 0.2) is 28.1 Å². The zero-order valence-corrected chi connectivity index (χ0v) is 13.6. The molecule has 0 saturated carbocycles. The minimum Gasteiger partial charge on any atom is -0.207 e. The van der Waals surface area contributed by atoms with Gasteiger partial charge in [-0.2, -0.15) is 0 Å². The van der Waals surface area contributed by atoms with Gasteiger partial charge in [0.25, 0.3) is 0 Å². The smallest absolute Gasteiger partial charge is 0.127 e. The molecule has 2 rings (SSSR count). The maximum absolute atomic E-state index is 13.3. The molecule has 0 aliphatic carbocycles. The summed E-state index contributed by atoms with van der Waals surface area (Å²) in [5.41, 5.74) is 1.48. The van der Waals surface area contributed by atoms with Crippen LogP contribution in [0.1, 0.15) is 20.8 Å². The molecule has 1 atom stereocenters. The molecular weight excluding hydrogens is 390 g/mol. The van der Waals surface area contributed by atoms with E-state index in [-0.39, 0.29) is 10.6 Å². The van der Waals surface area contributed by atoms with Crippen molar-refractivity contribution < 1.29 is 4.39 Å². The third-order valence-corrected chi connectivity index (χ3v) is 5.94. The van der Waals surface area contributed by atoms with Crippen LogP contribution in [0.25, 0.3) is 0 Å². The van der Waals surface area contributed by atoms with E-state index in [9.17, 15) is 4.39 Å². The Morgan fingerprint density at radius 2 is 2.12 bits per heavy atom. The van der Waals surface area contributed by atoms with Crippen LogP contribution in [0, 0.1) is 12.7 Å². The van der Waals surface area contributed by atoms with E-state index < -0.39 is 0 Å². The van der Waals surface area contributed by atoms with Crippen molar-refractivity contribution in [1.82, 2.24) is 0 Å². The van der Waals surface area contributed by atoms with Gasteiger partial charge in [-0.3, -0.25) is 0 Å². The van der Waals surface area contributed by atoms with Crippen LogP contribution in [0.5, 0.6) is 0 Å². The maximum atomic E-state index is 13.3. The van der Waals surface area contributed by atoms with Crippen molar-refractivity contribution in [3.8, 4) is 0 Å².